The molecule has 0 aromatic carbocycles. The van der Waals surface area contributed by atoms with Crippen LogP contribution in [0.25, 0.3) is 0 Å². The van der Waals surface area contributed by atoms with Gasteiger partial charge in [0.1, 0.15) is 5.54 Å². The molecule has 19 heavy (non-hydrogen) atoms. The van der Waals surface area contributed by atoms with Gasteiger partial charge in [0.05, 0.1) is 5.25 Å². The number of nitrogens with zero attached hydrogens (tertiary/aromatic N) is 2. The normalized spacial score (nSPS) is 29.5. The fraction of sp³-hybridized carbons (Fsp3) is 0.917. The summed E-state index contributed by atoms with van der Waals surface area (Å²) in [6, 6.07) is 0. The quantitative estimate of drug-likeness (QED) is 0.752. The van der Waals surface area contributed by atoms with Crippen molar-refractivity contribution in [1.82, 2.24) is 14.5 Å². The third kappa shape index (κ3) is 2.51. The van der Waals surface area contributed by atoms with Crippen molar-refractivity contribution in [3.8, 4) is 0 Å². The Labute approximate surface area is 115 Å². The molecular formula is C12H23N3O3S. The molecule has 2 fully saturated rings. The van der Waals surface area contributed by atoms with Crippen molar-refractivity contribution in [3.63, 3.8) is 0 Å². The zero-order valence-corrected chi connectivity index (χ0v) is 12.7. The molecule has 7 heteroatoms. The van der Waals surface area contributed by atoms with Crippen LogP contribution in [0, 0.1) is 0 Å². The Hall–Kier alpha value is -0.660. The minimum absolute atomic E-state index is 0.133. The third-order valence-electron chi connectivity index (χ3n) is 4.11. The molecule has 2 aliphatic rings. The summed E-state index contributed by atoms with van der Waals surface area (Å²) in [5, 5.41) is 2.72. The van der Waals surface area contributed by atoms with Gasteiger partial charge in [-0.15, -0.1) is 0 Å². The zero-order valence-electron chi connectivity index (χ0n) is 11.8. The Morgan fingerprint density at radius 2 is 2.00 bits per heavy atom. The fourth-order valence-corrected chi connectivity index (χ4v) is 5.10. The van der Waals surface area contributed by atoms with Crippen LogP contribution < -0.4 is 5.32 Å². The Kier molecular flexibility index (Phi) is 3.90. The lowest BCUT2D eigenvalue weighted by Gasteiger charge is -2.45. The highest BCUT2D eigenvalue weighted by Crippen LogP contribution is 2.28. The van der Waals surface area contributed by atoms with Crippen LogP contribution >= 0.6 is 0 Å². The number of sulfonamides is 1. The molecule has 1 unspecified atom stereocenters. The van der Waals surface area contributed by atoms with E-state index < -0.39 is 20.8 Å². The predicted molar refractivity (Wildman–Crippen MR) is 73.2 cm³/mol. The second-order valence-corrected chi connectivity index (χ2v) is 8.01. The molecule has 2 saturated heterocycles. The minimum Gasteiger partial charge on any atom is -0.343 e. The number of hydrogen-bond donors (Lipinski definition) is 1. The standard InChI is InChI=1S/C12H23N3O3S/c1-12(2)11(16)14(3)7-8-15(12)19(17,18)10-5-4-6-13-9-10/h10,13H,4-9H2,1-3H3. The van der Waals surface area contributed by atoms with E-state index in [2.05, 4.69) is 5.32 Å². The van der Waals surface area contributed by atoms with Gasteiger partial charge in [0, 0.05) is 26.7 Å². The zero-order chi connectivity index (χ0) is 14.3. The first kappa shape index (κ1) is 14.7. The Morgan fingerprint density at radius 3 is 2.58 bits per heavy atom. The van der Waals surface area contributed by atoms with E-state index >= 15 is 0 Å². The lowest BCUT2D eigenvalue weighted by molar-refractivity contribution is -0.142. The molecule has 0 saturated carbocycles. The SMILES string of the molecule is CN1CCN(S(=O)(=O)C2CCCNC2)C(C)(C)C1=O. The number of nitrogens with one attached hydrogen (secondary N) is 1. The van der Waals surface area contributed by atoms with Gasteiger partial charge in [-0.25, -0.2) is 8.42 Å². The van der Waals surface area contributed by atoms with E-state index in [1.54, 1.807) is 25.8 Å². The molecule has 6 nitrogen and oxygen atoms in total. The molecule has 110 valence electrons. The second-order valence-electron chi connectivity index (χ2n) is 5.87. The van der Waals surface area contributed by atoms with Crippen LogP contribution in [0.1, 0.15) is 26.7 Å². The first-order valence-corrected chi connectivity index (χ1v) is 8.26. The van der Waals surface area contributed by atoms with Crippen molar-refractivity contribution in [2.75, 3.05) is 33.2 Å². The number of rotatable bonds is 2. The average molecular weight is 289 g/mol. The Bertz CT molecular complexity index is 455. The lowest BCUT2D eigenvalue weighted by atomic mass is 10.0. The number of piperidine rings is 1. The Balaban J connectivity index is 2.26. The third-order valence-corrected chi connectivity index (χ3v) is 6.61. The average Bonchev–Trinajstić information content (AvgIpc) is 2.37. The highest BCUT2D eigenvalue weighted by atomic mass is 32.2. The molecule has 0 radical (unpaired) electrons. The van der Waals surface area contributed by atoms with Crippen molar-refractivity contribution in [2.24, 2.45) is 0 Å². The van der Waals surface area contributed by atoms with E-state index in [1.807, 2.05) is 0 Å². The molecule has 2 rings (SSSR count). The van der Waals surface area contributed by atoms with Crippen LogP contribution in [-0.2, 0) is 14.8 Å². The van der Waals surface area contributed by atoms with Gasteiger partial charge >= 0.3 is 0 Å². The monoisotopic (exact) mass is 289 g/mol. The number of piperazine rings is 1. The molecular weight excluding hydrogens is 266 g/mol. The molecule has 0 bridgehead atoms. The summed E-state index contributed by atoms with van der Waals surface area (Å²) in [5.41, 5.74) is -0.983. The van der Waals surface area contributed by atoms with Crippen LogP contribution in [0.2, 0.25) is 0 Å². The van der Waals surface area contributed by atoms with Crippen LogP contribution in [0.3, 0.4) is 0 Å². The number of carbonyl (C=O) groups excluding carboxylic acids is 1. The van der Waals surface area contributed by atoms with Gasteiger partial charge in [-0.1, -0.05) is 0 Å². The van der Waals surface area contributed by atoms with E-state index in [1.165, 1.54) is 4.31 Å². The summed E-state index contributed by atoms with van der Waals surface area (Å²) in [4.78, 5) is 13.8. The largest absolute Gasteiger partial charge is 0.343 e. The van der Waals surface area contributed by atoms with Gasteiger partial charge in [0.15, 0.2) is 0 Å². The maximum Gasteiger partial charge on any atom is 0.243 e. The lowest BCUT2D eigenvalue weighted by Crippen LogP contribution is -2.65. The molecule has 2 aliphatic heterocycles. The summed E-state index contributed by atoms with van der Waals surface area (Å²) in [6.07, 6.45) is 1.54. The van der Waals surface area contributed by atoms with E-state index in [0.717, 1.165) is 13.0 Å². The molecule has 2 heterocycles. The summed E-state index contributed by atoms with van der Waals surface area (Å²) in [7, 11) is -1.71. The smallest absolute Gasteiger partial charge is 0.243 e. The predicted octanol–water partition coefficient (Wildman–Crippen LogP) is -0.379. The summed E-state index contributed by atoms with van der Waals surface area (Å²) < 4.78 is 26.9. The maximum atomic E-state index is 12.7. The number of hydrogen-bond acceptors (Lipinski definition) is 4. The molecule has 0 aromatic heterocycles. The van der Waals surface area contributed by atoms with Crippen molar-refractivity contribution >= 4 is 15.9 Å². The first-order valence-electron chi connectivity index (χ1n) is 6.76. The number of likely N-dealkylation sites (N-methyl/N-ethyl adjacent to an activating group) is 1. The van der Waals surface area contributed by atoms with Gasteiger partial charge in [-0.05, 0) is 33.2 Å². The van der Waals surface area contributed by atoms with Crippen molar-refractivity contribution in [3.05, 3.63) is 0 Å². The van der Waals surface area contributed by atoms with Crippen LogP contribution in [0.4, 0.5) is 0 Å². The summed E-state index contributed by atoms with van der Waals surface area (Å²) >= 11 is 0. The number of amides is 1. The molecule has 0 spiro atoms. The van der Waals surface area contributed by atoms with E-state index in [-0.39, 0.29) is 5.91 Å². The highest BCUT2D eigenvalue weighted by Gasteiger charge is 2.48. The highest BCUT2D eigenvalue weighted by molar-refractivity contribution is 7.89. The maximum absolute atomic E-state index is 12.7. The molecule has 0 aromatic rings. The second kappa shape index (κ2) is 5.03. The molecule has 1 N–H and O–H groups in total. The van der Waals surface area contributed by atoms with Gasteiger partial charge in [-0.2, -0.15) is 4.31 Å². The first-order chi connectivity index (χ1) is 8.78. The van der Waals surface area contributed by atoms with E-state index in [4.69, 9.17) is 0 Å². The van der Waals surface area contributed by atoms with Crippen LogP contribution in [0.5, 0.6) is 0 Å². The Morgan fingerprint density at radius 1 is 1.32 bits per heavy atom. The van der Waals surface area contributed by atoms with Crippen molar-refractivity contribution < 1.29 is 13.2 Å². The summed E-state index contributed by atoms with van der Waals surface area (Å²) in [6.45, 7) is 5.59. The molecule has 1 atom stereocenters. The summed E-state index contributed by atoms with van der Waals surface area (Å²) in [5.74, 6) is -0.133. The van der Waals surface area contributed by atoms with Gasteiger partial charge in [0.25, 0.3) is 0 Å². The molecule has 1 amide bonds. The van der Waals surface area contributed by atoms with E-state index in [0.29, 0.717) is 26.1 Å². The van der Waals surface area contributed by atoms with Crippen molar-refractivity contribution in [1.29, 1.82) is 0 Å². The van der Waals surface area contributed by atoms with Crippen LogP contribution in [0.15, 0.2) is 0 Å². The topological polar surface area (TPSA) is 69.7 Å². The van der Waals surface area contributed by atoms with E-state index in [9.17, 15) is 13.2 Å². The van der Waals surface area contributed by atoms with Crippen molar-refractivity contribution in [2.45, 2.75) is 37.5 Å². The number of carbonyl (C=O) groups is 1. The van der Waals surface area contributed by atoms with Gasteiger partial charge in [0.2, 0.25) is 15.9 Å². The molecule has 0 aliphatic carbocycles. The van der Waals surface area contributed by atoms with Gasteiger partial charge < -0.3 is 10.2 Å². The minimum atomic E-state index is -3.43. The van der Waals surface area contributed by atoms with Crippen LogP contribution in [-0.4, -0.2) is 67.5 Å². The van der Waals surface area contributed by atoms with Gasteiger partial charge in [-0.3, -0.25) is 4.79 Å². The fourth-order valence-electron chi connectivity index (χ4n) is 2.90.